The van der Waals surface area contributed by atoms with Crippen LogP contribution in [-0.4, -0.2) is 19.0 Å². The van der Waals surface area contributed by atoms with E-state index in [1.54, 1.807) is 0 Å². The second-order valence-corrected chi connectivity index (χ2v) is 5.03. The smallest absolute Gasteiger partial charge is 0.185 e. The molecule has 4 heteroatoms. The van der Waals surface area contributed by atoms with Gasteiger partial charge in [-0.05, 0) is 24.9 Å². The molecule has 4 nitrogen and oxygen atoms in total. The van der Waals surface area contributed by atoms with E-state index >= 15 is 0 Å². The first-order chi connectivity index (χ1) is 8.49. The van der Waals surface area contributed by atoms with Crippen LogP contribution in [0.3, 0.4) is 0 Å². The maximum absolute atomic E-state index is 5.40. The molecule has 0 aliphatic carbocycles. The van der Waals surface area contributed by atoms with Gasteiger partial charge >= 0.3 is 0 Å². The molecule has 0 aromatic heterocycles. The van der Waals surface area contributed by atoms with Gasteiger partial charge in [-0.25, -0.2) is 0 Å². The van der Waals surface area contributed by atoms with Gasteiger partial charge in [-0.15, -0.1) is 0 Å². The molecule has 0 saturated heterocycles. The minimum atomic E-state index is 0.137. The number of hydrogen-bond donors (Lipinski definition) is 3. The predicted molar refractivity (Wildman–Crippen MR) is 77.4 cm³/mol. The van der Waals surface area contributed by atoms with Crippen LogP contribution in [0.4, 0.5) is 0 Å². The molecule has 0 radical (unpaired) electrons. The maximum atomic E-state index is 5.40. The zero-order valence-corrected chi connectivity index (χ0v) is 11.5. The van der Waals surface area contributed by atoms with Crippen LogP contribution in [0.5, 0.6) is 0 Å². The van der Waals surface area contributed by atoms with Crippen molar-refractivity contribution in [2.24, 2.45) is 22.4 Å². The molecule has 0 fully saturated rings. The van der Waals surface area contributed by atoms with Crippen LogP contribution in [0.1, 0.15) is 31.0 Å². The van der Waals surface area contributed by atoms with E-state index in [0.717, 1.165) is 6.54 Å². The molecule has 1 rings (SSSR count). The second kappa shape index (κ2) is 7.01. The monoisotopic (exact) mass is 248 g/mol. The van der Waals surface area contributed by atoms with E-state index in [2.05, 4.69) is 55.3 Å². The Hall–Kier alpha value is -1.55. The van der Waals surface area contributed by atoms with Gasteiger partial charge in [0.2, 0.25) is 0 Å². The van der Waals surface area contributed by atoms with Crippen molar-refractivity contribution in [1.29, 1.82) is 0 Å². The highest BCUT2D eigenvalue weighted by Gasteiger charge is 2.10. The fraction of sp³-hybridized carbons (Fsp3) is 0.500. The Morgan fingerprint density at radius 1 is 1.22 bits per heavy atom. The molecule has 18 heavy (non-hydrogen) atoms. The number of benzene rings is 1. The Morgan fingerprint density at radius 2 is 1.83 bits per heavy atom. The van der Waals surface area contributed by atoms with E-state index in [9.17, 15) is 0 Å². The van der Waals surface area contributed by atoms with Gasteiger partial charge in [-0.3, -0.25) is 4.99 Å². The molecule has 0 spiro atoms. The molecule has 100 valence electrons. The summed E-state index contributed by atoms with van der Waals surface area (Å²) < 4.78 is 0. The quantitative estimate of drug-likeness (QED) is 0.528. The molecule has 0 amide bonds. The minimum absolute atomic E-state index is 0.137. The van der Waals surface area contributed by atoms with Crippen LogP contribution in [0.25, 0.3) is 0 Å². The van der Waals surface area contributed by atoms with Gasteiger partial charge in [0.05, 0.1) is 12.6 Å². The summed E-state index contributed by atoms with van der Waals surface area (Å²) in [5, 5.41) is 3.49. The predicted octanol–water partition coefficient (Wildman–Crippen LogP) is 1.56. The van der Waals surface area contributed by atoms with Crippen molar-refractivity contribution in [2.75, 3.05) is 13.1 Å². The number of rotatable bonds is 6. The first-order valence-electron chi connectivity index (χ1n) is 6.34. The largest absolute Gasteiger partial charge is 0.370 e. The molecular weight excluding hydrogens is 224 g/mol. The summed E-state index contributed by atoms with van der Waals surface area (Å²) in [7, 11) is 0. The van der Waals surface area contributed by atoms with Crippen molar-refractivity contribution in [2.45, 2.75) is 26.8 Å². The molecule has 0 bridgehead atoms. The topological polar surface area (TPSA) is 76.4 Å². The summed E-state index contributed by atoms with van der Waals surface area (Å²) in [6.07, 6.45) is 0. The van der Waals surface area contributed by atoms with Crippen LogP contribution in [-0.2, 0) is 0 Å². The van der Waals surface area contributed by atoms with Crippen LogP contribution in [0.15, 0.2) is 29.3 Å². The van der Waals surface area contributed by atoms with Gasteiger partial charge < -0.3 is 16.8 Å². The van der Waals surface area contributed by atoms with E-state index in [4.69, 9.17) is 11.5 Å². The molecule has 1 aromatic rings. The second-order valence-electron chi connectivity index (χ2n) is 5.03. The average molecular weight is 248 g/mol. The highest BCUT2D eigenvalue weighted by Crippen LogP contribution is 2.14. The van der Waals surface area contributed by atoms with Gasteiger partial charge in [-0.2, -0.15) is 0 Å². The molecule has 1 aromatic carbocycles. The molecule has 5 N–H and O–H groups in total. The van der Waals surface area contributed by atoms with E-state index in [-0.39, 0.29) is 12.0 Å². The summed E-state index contributed by atoms with van der Waals surface area (Å²) in [5.74, 6) is 0.732. The Morgan fingerprint density at radius 3 is 2.33 bits per heavy atom. The fourth-order valence-electron chi connectivity index (χ4n) is 1.66. The first-order valence-corrected chi connectivity index (χ1v) is 6.34. The molecule has 0 heterocycles. The Kier molecular flexibility index (Phi) is 5.65. The van der Waals surface area contributed by atoms with Crippen molar-refractivity contribution in [3.63, 3.8) is 0 Å². The van der Waals surface area contributed by atoms with E-state index in [1.807, 2.05) is 0 Å². The number of guanidine groups is 1. The van der Waals surface area contributed by atoms with E-state index in [0.29, 0.717) is 12.5 Å². The third-order valence-corrected chi connectivity index (χ3v) is 2.71. The number of aliphatic imine (C=N–C) groups is 1. The number of nitrogens with one attached hydrogen (secondary N) is 1. The lowest BCUT2D eigenvalue weighted by atomic mass is 10.0. The molecule has 0 aliphatic rings. The molecule has 0 aliphatic heterocycles. The van der Waals surface area contributed by atoms with Crippen LogP contribution >= 0.6 is 0 Å². The van der Waals surface area contributed by atoms with Crippen molar-refractivity contribution in [3.8, 4) is 0 Å². The number of aryl methyl sites for hydroxylation is 1. The summed E-state index contributed by atoms with van der Waals surface area (Å²) >= 11 is 0. The van der Waals surface area contributed by atoms with Crippen LogP contribution in [0.2, 0.25) is 0 Å². The molecule has 1 atom stereocenters. The summed E-state index contributed by atoms with van der Waals surface area (Å²) in [4.78, 5) is 4.11. The summed E-state index contributed by atoms with van der Waals surface area (Å²) in [6.45, 7) is 7.95. The molecule has 1 unspecified atom stereocenters. The highest BCUT2D eigenvalue weighted by molar-refractivity contribution is 5.75. The Bertz CT molecular complexity index is 377. The van der Waals surface area contributed by atoms with E-state index < -0.39 is 0 Å². The minimum Gasteiger partial charge on any atom is -0.370 e. The van der Waals surface area contributed by atoms with Crippen molar-refractivity contribution < 1.29 is 0 Å². The first kappa shape index (κ1) is 14.5. The van der Waals surface area contributed by atoms with Crippen molar-refractivity contribution in [1.82, 2.24) is 5.32 Å². The van der Waals surface area contributed by atoms with E-state index in [1.165, 1.54) is 11.1 Å². The standard InChI is InChI=1S/C14H24N4/c1-10(2)8-17-13(9-18-14(15)16)12-6-4-11(3)5-7-12/h4-7,10,13,17H,8-9H2,1-3H3,(H4,15,16,18). The Balaban J connectivity index is 2.75. The average Bonchev–Trinajstić information content (AvgIpc) is 2.30. The highest BCUT2D eigenvalue weighted by atomic mass is 15.0. The van der Waals surface area contributed by atoms with Crippen LogP contribution < -0.4 is 16.8 Å². The maximum Gasteiger partial charge on any atom is 0.185 e. The van der Waals surface area contributed by atoms with Gasteiger partial charge in [-0.1, -0.05) is 43.7 Å². The van der Waals surface area contributed by atoms with Crippen molar-refractivity contribution >= 4 is 5.96 Å². The van der Waals surface area contributed by atoms with Crippen LogP contribution in [0, 0.1) is 12.8 Å². The molecule has 0 saturated carbocycles. The van der Waals surface area contributed by atoms with Crippen molar-refractivity contribution in [3.05, 3.63) is 35.4 Å². The third-order valence-electron chi connectivity index (χ3n) is 2.71. The SMILES string of the molecule is Cc1ccc(C(CN=C(N)N)NCC(C)C)cc1. The summed E-state index contributed by atoms with van der Waals surface area (Å²) in [6, 6.07) is 8.62. The zero-order valence-electron chi connectivity index (χ0n) is 11.5. The van der Waals surface area contributed by atoms with Gasteiger partial charge in [0.15, 0.2) is 5.96 Å². The summed E-state index contributed by atoms with van der Waals surface area (Å²) in [5.41, 5.74) is 13.3. The van der Waals surface area contributed by atoms with Gasteiger partial charge in [0.1, 0.15) is 0 Å². The fourth-order valence-corrected chi connectivity index (χ4v) is 1.66. The lowest BCUT2D eigenvalue weighted by molar-refractivity contribution is 0.479. The van der Waals surface area contributed by atoms with Gasteiger partial charge in [0.25, 0.3) is 0 Å². The normalized spacial score (nSPS) is 12.4. The third kappa shape index (κ3) is 5.19. The lowest BCUT2D eigenvalue weighted by Crippen LogP contribution is -2.30. The molecular formula is C14H24N4. The zero-order chi connectivity index (χ0) is 13.5. The number of nitrogens with zero attached hydrogens (tertiary/aromatic N) is 1. The number of nitrogens with two attached hydrogens (primary N) is 2. The van der Waals surface area contributed by atoms with Gasteiger partial charge in [0, 0.05) is 0 Å². The number of hydrogen-bond acceptors (Lipinski definition) is 2. The Labute approximate surface area is 109 Å². The lowest BCUT2D eigenvalue weighted by Gasteiger charge is -2.19.